The van der Waals surface area contributed by atoms with Crippen LogP contribution in [0, 0.1) is 0 Å². The summed E-state index contributed by atoms with van der Waals surface area (Å²) in [6.45, 7) is 0. The van der Waals surface area contributed by atoms with Crippen LogP contribution in [0.3, 0.4) is 0 Å². The van der Waals surface area contributed by atoms with Crippen molar-refractivity contribution in [1.29, 1.82) is 0 Å². The third-order valence-corrected chi connectivity index (χ3v) is 1.68. The van der Waals surface area contributed by atoms with Crippen LogP contribution in [0.4, 0.5) is 0 Å². The Morgan fingerprint density at radius 3 is 2.69 bits per heavy atom. The van der Waals surface area contributed by atoms with Gasteiger partial charge in [-0.3, -0.25) is 9.79 Å². The van der Waals surface area contributed by atoms with Crippen LogP contribution in [0.15, 0.2) is 41.2 Å². The fourth-order valence-corrected chi connectivity index (χ4v) is 0.986. The van der Waals surface area contributed by atoms with E-state index in [2.05, 4.69) is 4.99 Å². The lowest BCUT2D eigenvalue weighted by molar-refractivity contribution is 0.112. The Hall–Kier alpha value is -1.90. The molecule has 1 aliphatic heterocycles. The lowest BCUT2D eigenvalue weighted by Gasteiger charge is -2.09. The van der Waals surface area contributed by atoms with Crippen molar-refractivity contribution < 1.29 is 9.53 Å². The van der Waals surface area contributed by atoms with E-state index in [0.29, 0.717) is 17.1 Å². The lowest BCUT2D eigenvalue weighted by Crippen LogP contribution is -2.03. The second-order valence-corrected chi connectivity index (χ2v) is 2.57. The van der Waals surface area contributed by atoms with E-state index in [9.17, 15) is 4.79 Å². The first kappa shape index (κ1) is 7.73. The molecule has 0 saturated carbocycles. The summed E-state index contributed by atoms with van der Waals surface area (Å²) in [5, 5.41) is 0. The van der Waals surface area contributed by atoms with Gasteiger partial charge in [0.15, 0.2) is 12.0 Å². The Bertz CT molecular complexity index is 394. The minimum Gasteiger partial charge on any atom is -0.453 e. The smallest absolute Gasteiger partial charge is 0.163 e. The maximum Gasteiger partial charge on any atom is 0.163 e. The van der Waals surface area contributed by atoms with E-state index in [4.69, 9.17) is 4.74 Å². The number of para-hydroxylation sites is 1. The van der Waals surface area contributed by atoms with Crippen LogP contribution in [-0.2, 0) is 0 Å². The van der Waals surface area contributed by atoms with Gasteiger partial charge in [0.25, 0.3) is 0 Å². The molecule has 0 bridgehead atoms. The van der Waals surface area contributed by atoms with Crippen LogP contribution in [0.5, 0.6) is 5.75 Å². The number of hydrogen-bond acceptors (Lipinski definition) is 3. The van der Waals surface area contributed by atoms with Gasteiger partial charge in [-0.15, -0.1) is 0 Å². The first-order valence-electron chi connectivity index (χ1n) is 3.85. The molecule has 0 aliphatic carbocycles. The predicted octanol–water partition coefficient (Wildman–Crippen LogP) is 1.80. The Morgan fingerprint density at radius 1 is 1.31 bits per heavy atom. The highest BCUT2D eigenvalue weighted by molar-refractivity contribution is 5.84. The first-order valence-corrected chi connectivity index (χ1v) is 3.85. The molecule has 0 aromatic heterocycles. The summed E-state index contributed by atoms with van der Waals surface area (Å²) >= 11 is 0. The van der Waals surface area contributed by atoms with Gasteiger partial charge in [-0.05, 0) is 12.1 Å². The van der Waals surface area contributed by atoms with Crippen molar-refractivity contribution >= 4 is 12.5 Å². The van der Waals surface area contributed by atoms with E-state index < -0.39 is 0 Å². The number of hydrogen-bond donors (Lipinski definition) is 0. The minimum absolute atomic E-state index is 0.545. The molecule has 3 nitrogen and oxygen atoms in total. The molecule has 13 heavy (non-hydrogen) atoms. The lowest BCUT2D eigenvalue weighted by atomic mass is 10.2. The highest BCUT2D eigenvalue weighted by atomic mass is 16.5. The number of carbonyl (C=O) groups is 1. The van der Waals surface area contributed by atoms with E-state index in [1.807, 2.05) is 6.07 Å². The van der Waals surface area contributed by atoms with Gasteiger partial charge >= 0.3 is 0 Å². The maximum atomic E-state index is 10.6. The van der Waals surface area contributed by atoms with Gasteiger partial charge in [-0.25, -0.2) is 0 Å². The summed E-state index contributed by atoms with van der Waals surface area (Å²) in [6, 6.07) is 7.06. The number of ether oxygens (including phenoxy) is 1. The monoisotopic (exact) mass is 173 g/mol. The molecule has 0 amide bonds. The van der Waals surface area contributed by atoms with Gasteiger partial charge in [0, 0.05) is 0 Å². The number of allylic oxidation sites excluding steroid dienone is 1. The fourth-order valence-electron chi connectivity index (χ4n) is 0.986. The third kappa shape index (κ3) is 1.49. The Balaban J connectivity index is 2.22. The summed E-state index contributed by atoms with van der Waals surface area (Å²) in [6.07, 6.45) is 3.97. The molecule has 1 aromatic rings. The average molecular weight is 173 g/mol. The SMILES string of the molecule is O=Cc1ccccc1OC1=CN=C1. The zero-order valence-corrected chi connectivity index (χ0v) is 6.81. The minimum atomic E-state index is 0.545. The van der Waals surface area contributed by atoms with Gasteiger partial charge in [-0.1, -0.05) is 12.1 Å². The summed E-state index contributed by atoms with van der Waals surface area (Å²) in [5.41, 5.74) is 0.545. The number of nitrogens with zero attached hydrogens (tertiary/aromatic N) is 1. The molecular weight excluding hydrogens is 166 g/mol. The maximum absolute atomic E-state index is 10.6. The first-order chi connectivity index (χ1) is 6.40. The van der Waals surface area contributed by atoms with Crippen molar-refractivity contribution in [3.8, 4) is 5.75 Å². The van der Waals surface area contributed by atoms with Gasteiger partial charge in [0.1, 0.15) is 5.75 Å². The summed E-state index contributed by atoms with van der Waals surface area (Å²) < 4.78 is 5.35. The van der Waals surface area contributed by atoms with Gasteiger partial charge in [0.2, 0.25) is 0 Å². The van der Waals surface area contributed by atoms with Crippen LogP contribution < -0.4 is 4.74 Å². The van der Waals surface area contributed by atoms with Crippen LogP contribution in [0.25, 0.3) is 0 Å². The van der Waals surface area contributed by atoms with Crippen molar-refractivity contribution in [2.45, 2.75) is 0 Å². The molecule has 0 N–H and O–H groups in total. The van der Waals surface area contributed by atoms with Crippen molar-refractivity contribution in [3.63, 3.8) is 0 Å². The van der Waals surface area contributed by atoms with Gasteiger partial charge in [-0.2, -0.15) is 0 Å². The summed E-state index contributed by atoms with van der Waals surface area (Å²) in [7, 11) is 0. The molecular formula is C10H7NO2. The van der Waals surface area contributed by atoms with Crippen molar-refractivity contribution in [2.75, 3.05) is 0 Å². The van der Waals surface area contributed by atoms with Crippen LogP contribution in [0.2, 0.25) is 0 Å². The standard InChI is InChI=1S/C10H7NO2/c12-7-8-3-1-2-4-10(8)13-9-5-11-6-9/h1-7H. The number of carbonyl (C=O) groups excluding carboxylic acids is 1. The van der Waals surface area contributed by atoms with Gasteiger partial charge < -0.3 is 4.74 Å². The zero-order valence-electron chi connectivity index (χ0n) is 6.81. The second kappa shape index (κ2) is 3.23. The molecule has 3 heteroatoms. The van der Waals surface area contributed by atoms with E-state index in [0.717, 1.165) is 6.29 Å². The Morgan fingerprint density at radius 2 is 2.08 bits per heavy atom. The van der Waals surface area contributed by atoms with Crippen molar-refractivity contribution in [2.24, 2.45) is 4.99 Å². The van der Waals surface area contributed by atoms with E-state index in [1.54, 1.807) is 30.6 Å². The molecule has 2 rings (SSSR count). The van der Waals surface area contributed by atoms with Crippen molar-refractivity contribution in [3.05, 3.63) is 41.8 Å². The molecule has 0 unspecified atom stereocenters. The number of rotatable bonds is 3. The predicted molar refractivity (Wildman–Crippen MR) is 49.0 cm³/mol. The fraction of sp³-hybridized carbons (Fsp3) is 0. The highest BCUT2D eigenvalue weighted by Crippen LogP contribution is 2.19. The highest BCUT2D eigenvalue weighted by Gasteiger charge is 2.06. The molecule has 0 fully saturated rings. The second-order valence-electron chi connectivity index (χ2n) is 2.57. The molecule has 1 aliphatic rings. The quantitative estimate of drug-likeness (QED) is 0.654. The van der Waals surface area contributed by atoms with Crippen LogP contribution >= 0.6 is 0 Å². The number of aldehydes is 1. The topological polar surface area (TPSA) is 38.7 Å². The van der Waals surface area contributed by atoms with Crippen molar-refractivity contribution in [1.82, 2.24) is 0 Å². The molecule has 64 valence electrons. The third-order valence-electron chi connectivity index (χ3n) is 1.68. The molecule has 0 radical (unpaired) electrons. The molecule has 1 aromatic carbocycles. The average Bonchev–Trinajstić information content (AvgIpc) is 2.12. The Labute approximate surface area is 75.4 Å². The van der Waals surface area contributed by atoms with Gasteiger partial charge in [0.05, 0.1) is 18.0 Å². The van der Waals surface area contributed by atoms with E-state index in [1.165, 1.54) is 0 Å². The molecule has 1 heterocycles. The molecule has 0 spiro atoms. The van der Waals surface area contributed by atoms with Crippen LogP contribution in [-0.4, -0.2) is 12.5 Å². The van der Waals surface area contributed by atoms with Crippen LogP contribution in [0.1, 0.15) is 10.4 Å². The zero-order chi connectivity index (χ0) is 9.10. The molecule has 0 saturated heterocycles. The van der Waals surface area contributed by atoms with E-state index >= 15 is 0 Å². The number of benzene rings is 1. The molecule has 0 atom stereocenters. The number of aliphatic imine (C=N–C) groups is 1. The largest absolute Gasteiger partial charge is 0.453 e. The normalized spacial score (nSPS) is 13.1. The summed E-state index contributed by atoms with van der Waals surface area (Å²) in [4.78, 5) is 14.3. The summed E-state index contributed by atoms with van der Waals surface area (Å²) in [5.74, 6) is 1.24. The Kier molecular flexibility index (Phi) is 1.92. The van der Waals surface area contributed by atoms with E-state index in [-0.39, 0.29) is 0 Å².